The molecule has 1 unspecified atom stereocenters. The van der Waals surface area contributed by atoms with Crippen molar-refractivity contribution < 1.29 is 8.78 Å². The fraction of sp³-hybridized carbons (Fsp3) is 0.538. The summed E-state index contributed by atoms with van der Waals surface area (Å²) in [7, 11) is 0. The second-order valence-corrected chi connectivity index (χ2v) is 4.48. The lowest BCUT2D eigenvalue weighted by molar-refractivity contribution is -0.0729. The van der Waals surface area contributed by atoms with Crippen molar-refractivity contribution in [1.82, 2.24) is 5.32 Å². The summed E-state index contributed by atoms with van der Waals surface area (Å²) in [5.74, 6) is -3.28. The smallest absolute Gasteiger partial charge is 0.277 e. The van der Waals surface area contributed by atoms with Crippen molar-refractivity contribution in [3.8, 4) is 0 Å². The first-order chi connectivity index (χ1) is 7.62. The summed E-state index contributed by atoms with van der Waals surface area (Å²) >= 11 is 0. The number of hydrogen-bond donors (Lipinski definition) is 1. The lowest BCUT2D eigenvalue weighted by Crippen LogP contribution is -2.39. The molecule has 0 amide bonds. The maximum absolute atomic E-state index is 14.3. The van der Waals surface area contributed by atoms with E-state index in [9.17, 15) is 8.78 Å². The van der Waals surface area contributed by atoms with Crippen molar-refractivity contribution >= 4 is 0 Å². The van der Waals surface area contributed by atoms with Gasteiger partial charge in [-0.3, -0.25) is 0 Å². The summed E-state index contributed by atoms with van der Waals surface area (Å²) in [5, 5.41) is 3.05. The van der Waals surface area contributed by atoms with Gasteiger partial charge >= 0.3 is 0 Å². The average Bonchev–Trinajstić information content (AvgIpc) is 2.30. The molecule has 1 aromatic carbocycles. The van der Waals surface area contributed by atoms with Gasteiger partial charge in [-0.25, -0.2) is 8.78 Å². The van der Waals surface area contributed by atoms with Crippen LogP contribution in [-0.4, -0.2) is 13.1 Å². The molecule has 0 aliphatic carbocycles. The summed E-state index contributed by atoms with van der Waals surface area (Å²) < 4.78 is 28.5. The topological polar surface area (TPSA) is 12.0 Å². The van der Waals surface area contributed by atoms with Crippen LogP contribution in [0.25, 0.3) is 0 Å². The summed E-state index contributed by atoms with van der Waals surface area (Å²) in [6, 6.07) is 6.78. The number of aryl methyl sites for hydroxylation is 1. The Balaban J connectivity index is 2.26. The molecule has 1 N–H and O–H groups in total. The molecule has 1 saturated heterocycles. The van der Waals surface area contributed by atoms with Crippen LogP contribution < -0.4 is 5.32 Å². The Kier molecular flexibility index (Phi) is 3.24. The molecule has 0 radical (unpaired) electrons. The van der Waals surface area contributed by atoms with E-state index >= 15 is 0 Å². The highest BCUT2D eigenvalue weighted by atomic mass is 19.3. The van der Waals surface area contributed by atoms with Crippen LogP contribution in [0.4, 0.5) is 8.78 Å². The Labute approximate surface area is 94.9 Å². The first kappa shape index (κ1) is 11.5. The number of benzene rings is 1. The average molecular weight is 225 g/mol. The lowest BCUT2D eigenvalue weighted by atomic mass is 9.87. The maximum Gasteiger partial charge on any atom is 0.277 e. The van der Waals surface area contributed by atoms with Crippen LogP contribution in [-0.2, 0) is 5.92 Å². The van der Waals surface area contributed by atoms with Crippen molar-refractivity contribution in [2.45, 2.75) is 25.7 Å². The fourth-order valence-corrected chi connectivity index (χ4v) is 2.33. The van der Waals surface area contributed by atoms with E-state index in [1.807, 2.05) is 0 Å². The Morgan fingerprint density at radius 1 is 1.31 bits per heavy atom. The van der Waals surface area contributed by atoms with Crippen molar-refractivity contribution in [3.63, 3.8) is 0 Å². The van der Waals surface area contributed by atoms with Crippen molar-refractivity contribution in [2.24, 2.45) is 5.92 Å². The lowest BCUT2D eigenvalue weighted by Gasteiger charge is -2.31. The van der Waals surface area contributed by atoms with Gasteiger partial charge in [0, 0.05) is 18.0 Å². The summed E-state index contributed by atoms with van der Waals surface area (Å²) in [6.07, 6.45) is 1.44. The van der Waals surface area contributed by atoms with E-state index in [0.29, 0.717) is 18.5 Å². The fourth-order valence-electron chi connectivity index (χ4n) is 2.33. The van der Waals surface area contributed by atoms with Gasteiger partial charge in [0.15, 0.2) is 0 Å². The van der Waals surface area contributed by atoms with E-state index < -0.39 is 11.8 Å². The van der Waals surface area contributed by atoms with Crippen LogP contribution in [0.2, 0.25) is 0 Å². The zero-order valence-corrected chi connectivity index (χ0v) is 9.47. The van der Waals surface area contributed by atoms with Crippen LogP contribution in [0.5, 0.6) is 0 Å². The van der Waals surface area contributed by atoms with E-state index in [2.05, 4.69) is 5.32 Å². The highest BCUT2D eigenvalue weighted by Gasteiger charge is 2.42. The number of nitrogens with one attached hydrogen (secondary N) is 1. The predicted molar refractivity (Wildman–Crippen MR) is 60.7 cm³/mol. The number of alkyl halides is 2. The molecule has 88 valence electrons. The number of rotatable bonds is 2. The SMILES string of the molecule is Cc1ccccc1C(F)(F)C1CCCNC1. The standard InChI is InChI=1S/C13H17F2N/c1-10-5-2-3-7-12(10)13(14,15)11-6-4-8-16-9-11/h2-3,5,7,11,16H,4,6,8-9H2,1H3. The van der Waals surface area contributed by atoms with Gasteiger partial charge in [-0.05, 0) is 31.9 Å². The predicted octanol–water partition coefficient (Wildman–Crippen LogP) is 3.09. The molecule has 3 heteroatoms. The van der Waals surface area contributed by atoms with E-state index in [4.69, 9.17) is 0 Å². The van der Waals surface area contributed by atoms with E-state index in [0.717, 1.165) is 13.0 Å². The van der Waals surface area contributed by atoms with Crippen molar-refractivity contribution in [2.75, 3.05) is 13.1 Å². The highest BCUT2D eigenvalue weighted by molar-refractivity contribution is 5.30. The van der Waals surface area contributed by atoms with Gasteiger partial charge in [0.1, 0.15) is 0 Å². The number of halogens is 2. The summed E-state index contributed by atoms with van der Waals surface area (Å²) in [5.41, 5.74) is 0.863. The largest absolute Gasteiger partial charge is 0.316 e. The van der Waals surface area contributed by atoms with Gasteiger partial charge in [0.05, 0.1) is 0 Å². The molecule has 16 heavy (non-hydrogen) atoms. The second kappa shape index (κ2) is 4.50. The van der Waals surface area contributed by atoms with Crippen LogP contribution in [0.1, 0.15) is 24.0 Å². The van der Waals surface area contributed by atoms with Gasteiger partial charge in [0.2, 0.25) is 0 Å². The first-order valence-electron chi connectivity index (χ1n) is 5.77. The monoisotopic (exact) mass is 225 g/mol. The number of hydrogen-bond acceptors (Lipinski definition) is 1. The Morgan fingerprint density at radius 3 is 2.69 bits per heavy atom. The minimum absolute atomic E-state index is 0.184. The van der Waals surface area contributed by atoms with Crippen LogP contribution in [0.15, 0.2) is 24.3 Å². The quantitative estimate of drug-likeness (QED) is 0.815. The molecule has 1 heterocycles. The van der Waals surface area contributed by atoms with Crippen LogP contribution in [0, 0.1) is 12.8 Å². The highest BCUT2D eigenvalue weighted by Crippen LogP contribution is 2.40. The van der Waals surface area contributed by atoms with E-state index in [1.54, 1.807) is 31.2 Å². The summed E-state index contributed by atoms with van der Waals surface area (Å²) in [6.45, 7) is 3.03. The van der Waals surface area contributed by atoms with Crippen molar-refractivity contribution in [1.29, 1.82) is 0 Å². The van der Waals surface area contributed by atoms with Gasteiger partial charge < -0.3 is 5.32 Å². The Bertz CT molecular complexity index is 357. The van der Waals surface area contributed by atoms with Crippen LogP contribution in [0.3, 0.4) is 0 Å². The molecule has 2 rings (SSSR count). The van der Waals surface area contributed by atoms with Crippen molar-refractivity contribution in [3.05, 3.63) is 35.4 Å². The molecule has 1 aromatic rings. The molecule has 1 fully saturated rings. The Morgan fingerprint density at radius 2 is 2.06 bits per heavy atom. The number of piperidine rings is 1. The molecule has 0 aromatic heterocycles. The maximum atomic E-state index is 14.3. The second-order valence-electron chi connectivity index (χ2n) is 4.48. The third-order valence-electron chi connectivity index (χ3n) is 3.31. The van der Waals surface area contributed by atoms with E-state index in [-0.39, 0.29) is 5.56 Å². The molecular weight excluding hydrogens is 208 g/mol. The molecule has 1 aliphatic rings. The molecule has 1 nitrogen and oxygen atoms in total. The van der Waals surface area contributed by atoms with Gasteiger partial charge in [0.25, 0.3) is 5.92 Å². The Hall–Kier alpha value is -0.960. The molecular formula is C13H17F2N. The van der Waals surface area contributed by atoms with Gasteiger partial charge in [-0.2, -0.15) is 0 Å². The van der Waals surface area contributed by atoms with Gasteiger partial charge in [-0.1, -0.05) is 24.3 Å². The first-order valence-corrected chi connectivity index (χ1v) is 5.77. The molecule has 0 saturated carbocycles. The van der Waals surface area contributed by atoms with Crippen LogP contribution >= 0.6 is 0 Å². The normalized spacial score (nSPS) is 22.1. The summed E-state index contributed by atoms with van der Waals surface area (Å²) in [4.78, 5) is 0. The molecule has 1 aliphatic heterocycles. The minimum Gasteiger partial charge on any atom is -0.316 e. The van der Waals surface area contributed by atoms with E-state index in [1.165, 1.54) is 0 Å². The minimum atomic E-state index is -2.71. The van der Waals surface area contributed by atoms with Gasteiger partial charge in [-0.15, -0.1) is 0 Å². The zero-order chi connectivity index (χ0) is 11.6. The third-order valence-corrected chi connectivity index (χ3v) is 3.31. The molecule has 0 bridgehead atoms. The zero-order valence-electron chi connectivity index (χ0n) is 9.47. The molecule has 1 atom stereocenters. The third kappa shape index (κ3) is 2.09. The molecule has 0 spiro atoms.